The minimum Gasteiger partial charge on any atom is -0.449 e. The third kappa shape index (κ3) is 4.97. The predicted molar refractivity (Wildman–Crippen MR) is 102 cm³/mol. The summed E-state index contributed by atoms with van der Waals surface area (Å²) in [6, 6.07) is -0.357. The number of esters is 1. The van der Waals surface area contributed by atoms with E-state index in [9.17, 15) is 18.0 Å². The van der Waals surface area contributed by atoms with Crippen molar-refractivity contribution in [3.05, 3.63) is 23.0 Å². The summed E-state index contributed by atoms with van der Waals surface area (Å²) in [5.41, 5.74) is 2.54. The smallest absolute Gasteiger partial charge is 0.331 e. The van der Waals surface area contributed by atoms with Crippen LogP contribution in [0.3, 0.4) is 0 Å². The molecular weight excluding hydrogens is 370 g/mol. The van der Waals surface area contributed by atoms with E-state index in [4.69, 9.17) is 4.74 Å². The summed E-state index contributed by atoms with van der Waals surface area (Å²) in [6.07, 6.45) is 2.33. The highest BCUT2D eigenvalue weighted by atomic mass is 32.2. The van der Waals surface area contributed by atoms with E-state index >= 15 is 0 Å². The molecule has 1 aliphatic rings. The van der Waals surface area contributed by atoms with Gasteiger partial charge in [0.1, 0.15) is 0 Å². The number of sulfone groups is 1. The highest BCUT2D eigenvalue weighted by Gasteiger charge is 2.36. The normalized spacial score (nSPS) is 20.0. The molecule has 0 aliphatic carbocycles. The van der Waals surface area contributed by atoms with Crippen LogP contribution in [0.5, 0.6) is 0 Å². The number of hydrogen-bond donors (Lipinski definition) is 0. The summed E-state index contributed by atoms with van der Waals surface area (Å²) >= 11 is 0. The Morgan fingerprint density at radius 1 is 1.41 bits per heavy atom. The first kappa shape index (κ1) is 21.1. The quantitative estimate of drug-likeness (QED) is 0.525. The fourth-order valence-electron chi connectivity index (χ4n) is 3.30. The lowest BCUT2D eigenvalue weighted by Crippen LogP contribution is -2.46. The lowest BCUT2D eigenvalue weighted by atomic mass is 10.2. The molecule has 0 aromatic carbocycles. The molecule has 0 unspecified atom stereocenters. The Hall–Kier alpha value is -2.16. The molecule has 2 rings (SSSR count). The Kier molecular flexibility index (Phi) is 6.46. The van der Waals surface area contributed by atoms with Crippen LogP contribution in [0.25, 0.3) is 6.08 Å². The molecule has 27 heavy (non-hydrogen) atoms. The zero-order valence-electron chi connectivity index (χ0n) is 16.4. The number of carbonyl (C=O) groups is 2. The number of ether oxygens (including phenoxy) is 1. The number of aryl methyl sites for hydroxylation is 2. The van der Waals surface area contributed by atoms with E-state index in [2.05, 4.69) is 5.10 Å². The third-order valence-electron chi connectivity index (χ3n) is 4.86. The van der Waals surface area contributed by atoms with Crippen LogP contribution in [0.15, 0.2) is 6.08 Å². The molecular formula is C18H27N3O5S. The molecule has 0 N–H and O–H groups in total. The molecule has 1 saturated heterocycles. The molecule has 1 fully saturated rings. The summed E-state index contributed by atoms with van der Waals surface area (Å²) < 4.78 is 30.3. The highest BCUT2D eigenvalue weighted by molar-refractivity contribution is 7.91. The molecule has 1 aliphatic heterocycles. The van der Waals surface area contributed by atoms with Gasteiger partial charge >= 0.3 is 5.97 Å². The maximum Gasteiger partial charge on any atom is 0.331 e. The van der Waals surface area contributed by atoms with E-state index in [-0.39, 0.29) is 23.5 Å². The van der Waals surface area contributed by atoms with Crippen molar-refractivity contribution in [2.45, 2.75) is 46.3 Å². The van der Waals surface area contributed by atoms with Crippen LogP contribution in [0, 0.1) is 13.8 Å². The van der Waals surface area contributed by atoms with Gasteiger partial charge in [0, 0.05) is 37.0 Å². The van der Waals surface area contributed by atoms with Crippen LogP contribution in [0.2, 0.25) is 0 Å². The predicted octanol–water partition coefficient (Wildman–Crippen LogP) is 1.02. The van der Waals surface area contributed by atoms with Crippen LogP contribution in [-0.4, -0.2) is 65.2 Å². The van der Waals surface area contributed by atoms with Gasteiger partial charge in [-0.1, -0.05) is 0 Å². The van der Waals surface area contributed by atoms with Gasteiger partial charge < -0.3 is 9.64 Å². The second-order valence-electron chi connectivity index (χ2n) is 6.80. The molecule has 1 amide bonds. The van der Waals surface area contributed by atoms with Gasteiger partial charge in [-0.05, 0) is 40.2 Å². The Labute approximate surface area is 160 Å². The van der Waals surface area contributed by atoms with Crippen LogP contribution in [0.4, 0.5) is 0 Å². The first-order chi connectivity index (χ1) is 12.6. The van der Waals surface area contributed by atoms with Gasteiger partial charge in [0.15, 0.2) is 15.9 Å². The second-order valence-corrected chi connectivity index (χ2v) is 9.03. The van der Waals surface area contributed by atoms with E-state index in [1.54, 1.807) is 17.7 Å². The van der Waals surface area contributed by atoms with Crippen molar-refractivity contribution < 1.29 is 22.7 Å². The Morgan fingerprint density at radius 3 is 2.56 bits per heavy atom. The van der Waals surface area contributed by atoms with Gasteiger partial charge in [0.2, 0.25) is 0 Å². The molecule has 150 valence electrons. The van der Waals surface area contributed by atoms with Crippen LogP contribution in [-0.2, 0) is 31.2 Å². The van der Waals surface area contributed by atoms with E-state index in [0.717, 1.165) is 17.0 Å². The molecule has 2 atom stereocenters. The van der Waals surface area contributed by atoms with Crippen molar-refractivity contribution in [2.24, 2.45) is 7.05 Å². The summed E-state index contributed by atoms with van der Waals surface area (Å²) in [6.45, 7) is 7.39. The number of rotatable bonds is 6. The Bertz CT molecular complexity index is 857. The lowest BCUT2D eigenvalue weighted by Gasteiger charge is -2.29. The van der Waals surface area contributed by atoms with Gasteiger partial charge in [-0.25, -0.2) is 13.2 Å². The molecule has 1 aromatic heterocycles. The maximum atomic E-state index is 12.6. The average molecular weight is 397 g/mol. The highest BCUT2D eigenvalue weighted by Crippen LogP contribution is 2.19. The number of likely N-dealkylation sites (N-methyl/N-ethyl adjacent to an activating group) is 1. The van der Waals surface area contributed by atoms with E-state index in [1.807, 2.05) is 20.9 Å². The van der Waals surface area contributed by atoms with Crippen LogP contribution >= 0.6 is 0 Å². The van der Waals surface area contributed by atoms with Gasteiger partial charge in [-0.2, -0.15) is 5.10 Å². The van der Waals surface area contributed by atoms with Gasteiger partial charge in [-0.15, -0.1) is 0 Å². The van der Waals surface area contributed by atoms with Crippen LogP contribution < -0.4 is 0 Å². The number of aromatic nitrogens is 2. The number of carbonyl (C=O) groups excluding carboxylic acids is 2. The Balaban J connectivity index is 2.00. The number of nitrogens with zero attached hydrogens (tertiary/aromatic N) is 3. The monoisotopic (exact) mass is 397 g/mol. The van der Waals surface area contributed by atoms with Crippen molar-refractivity contribution >= 4 is 27.8 Å². The molecule has 8 nitrogen and oxygen atoms in total. The van der Waals surface area contributed by atoms with Crippen molar-refractivity contribution in [1.29, 1.82) is 0 Å². The van der Waals surface area contributed by atoms with E-state index in [1.165, 1.54) is 17.9 Å². The topological polar surface area (TPSA) is 98.6 Å². The minimum absolute atomic E-state index is 0.0350. The van der Waals surface area contributed by atoms with E-state index in [0.29, 0.717) is 13.0 Å². The molecule has 0 bridgehead atoms. The van der Waals surface area contributed by atoms with Gasteiger partial charge in [0.05, 0.1) is 17.2 Å². The van der Waals surface area contributed by atoms with Crippen molar-refractivity contribution in [3.8, 4) is 0 Å². The summed E-state index contributed by atoms with van der Waals surface area (Å²) in [4.78, 5) is 26.2. The Morgan fingerprint density at radius 2 is 2.07 bits per heavy atom. The standard InChI is InChI=1S/C18H27N3O5S/c1-6-21(15-9-10-27(24,25)11-15)18(23)14(4)26-17(22)8-7-16-12(2)19-20(5)13(16)3/h7-8,14-15H,6,9-11H2,1-5H3/b8-7+/t14-,15-/m0/s1. The number of hydrogen-bond acceptors (Lipinski definition) is 6. The van der Waals surface area contributed by atoms with E-state index < -0.39 is 21.9 Å². The van der Waals surface area contributed by atoms with Crippen molar-refractivity contribution in [1.82, 2.24) is 14.7 Å². The molecule has 0 radical (unpaired) electrons. The molecule has 2 heterocycles. The van der Waals surface area contributed by atoms with Crippen LogP contribution in [0.1, 0.15) is 37.2 Å². The molecule has 0 spiro atoms. The second kappa shape index (κ2) is 8.24. The molecule has 0 saturated carbocycles. The van der Waals surface area contributed by atoms with Gasteiger partial charge in [-0.3, -0.25) is 9.48 Å². The maximum absolute atomic E-state index is 12.6. The number of amides is 1. The van der Waals surface area contributed by atoms with Gasteiger partial charge in [0.25, 0.3) is 5.91 Å². The minimum atomic E-state index is -3.10. The molecule has 1 aromatic rings. The largest absolute Gasteiger partial charge is 0.449 e. The fourth-order valence-corrected chi connectivity index (χ4v) is 5.03. The lowest BCUT2D eigenvalue weighted by molar-refractivity contribution is -0.156. The summed E-state index contributed by atoms with van der Waals surface area (Å²) in [5.74, 6) is -0.960. The summed E-state index contributed by atoms with van der Waals surface area (Å²) in [5, 5.41) is 4.27. The average Bonchev–Trinajstić information content (AvgIpc) is 3.05. The first-order valence-electron chi connectivity index (χ1n) is 8.95. The van der Waals surface area contributed by atoms with Crippen molar-refractivity contribution in [3.63, 3.8) is 0 Å². The zero-order valence-corrected chi connectivity index (χ0v) is 17.2. The first-order valence-corrected chi connectivity index (χ1v) is 10.8. The molecule has 9 heteroatoms. The van der Waals surface area contributed by atoms with Crippen molar-refractivity contribution in [2.75, 3.05) is 18.1 Å². The SMILES string of the molecule is CCN(C(=O)[C@H](C)OC(=O)/C=C/c1c(C)nn(C)c1C)[C@H]1CCS(=O)(=O)C1. The third-order valence-corrected chi connectivity index (χ3v) is 6.62. The summed E-state index contributed by atoms with van der Waals surface area (Å²) in [7, 11) is -1.28. The zero-order chi connectivity index (χ0) is 20.4. The fraction of sp³-hybridized carbons (Fsp3) is 0.611.